The number of benzene rings is 1. The van der Waals surface area contributed by atoms with Gasteiger partial charge in [-0.1, -0.05) is 77.2 Å². The molecule has 0 bridgehead atoms. The van der Waals surface area contributed by atoms with Crippen molar-refractivity contribution < 1.29 is 14.3 Å². The Bertz CT molecular complexity index is 1240. The summed E-state index contributed by atoms with van der Waals surface area (Å²) in [5, 5.41) is 0.706. The number of rotatable bonds is 4. The Labute approximate surface area is 229 Å². The van der Waals surface area contributed by atoms with Gasteiger partial charge in [0.1, 0.15) is 17.3 Å². The molecule has 37 heavy (non-hydrogen) atoms. The highest BCUT2D eigenvalue weighted by atomic mass is 35.5. The fourth-order valence-corrected chi connectivity index (χ4v) is 7.35. The summed E-state index contributed by atoms with van der Waals surface area (Å²) in [7, 11) is 0. The Morgan fingerprint density at radius 2 is 1.65 bits per heavy atom. The van der Waals surface area contributed by atoms with Crippen LogP contribution in [0.25, 0.3) is 11.3 Å². The van der Waals surface area contributed by atoms with Crippen molar-refractivity contribution in [2.24, 2.45) is 27.5 Å². The van der Waals surface area contributed by atoms with Crippen LogP contribution >= 0.6 is 23.2 Å². The molecule has 0 radical (unpaired) electrons. The molecule has 0 unspecified atom stereocenters. The summed E-state index contributed by atoms with van der Waals surface area (Å²) in [5.74, 6) is -0.109. The van der Waals surface area contributed by atoms with Crippen molar-refractivity contribution in [1.29, 1.82) is 0 Å². The van der Waals surface area contributed by atoms with Crippen LogP contribution in [0.3, 0.4) is 0 Å². The zero-order valence-corrected chi connectivity index (χ0v) is 24.1. The van der Waals surface area contributed by atoms with Crippen LogP contribution in [-0.4, -0.2) is 27.9 Å². The minimum Gasteiger partial charge on any atom is -0.455 e. The summed E-state index contributed by atoms with van der Waals surface area (Å²) in [6.07, 6.45) is 4.69. The third-order valence-corrected chi connectivity index (χ3v) is 8.23. The molecule has 1 fully saturated rings. The van der Waals surface area contributed by atoms with Gasteiger partial charge in [-0.15, -0.1) is 0 Å². The van der Waals surface area contributed by atoms with E-state index in [4.69, 9.17) is 33.7 Å². The molecule has 0 spiro atoms. The van der Waals surface area contributed by atoms with Gasteiger partial charge in [0.25, 0.3) is 0 Å². The highest BCUT2D eigenvalue weighted by Gasteiger charge is 2.53. The van der Waals surface area contributed by atoms with Crippen LogP contribution in [-0.2, 0) is 4.74 Å². The number of esters is 1. The molecule has 2 N–H and O–H groups in total. The van der Waals surface area contributed by atoms with Crippen molar-refractivity contribution in [3.05, 3.63) is 39.9 Å². The van der Waals surface area contributed by atoms with Crippen LogP contribution < -0.4 is 5.73 Å². The number of amidine groups is 1. The van der Waals surface area contributed by atoms with Gasteiger partial charge in [-0.2, -0.15) is 0 Å². The van der Waals surface area contributed by atoms with Crippen LogP contribution in [0.5, 0.6) is 0 Å². The fraction of sp³-hybridized carbons (Fsp3) is 0.552. The molecule has 2 heterocycles. The molecule has 6 nitrogen and oxygen atoms in total. The molecule has 2 aromatic rings. The maximum atomic E-state index is 14.1. The summed E-state index contributed by atoms with van der Waals surface area (Å²) in [4.78, 5) is 31.6. The van der Waals surface area contributed by atoms with E-state index in [1.807, 2.05) is 0 Å². The van der Waals surface area contributed by atoms with E-state index in [1.54, 1.807) is 24.3 Å². The van der Waals surface area contributed by atoms with Gasteiger partial charge in [0.05, 0.1) is 27.7 Å². The first-order chi connectivity index (χ1) is 17.1. The first kappa shape index (κ1) is 27.7. The quantitative estimate of drug-likeness (QED) is 0.393. The second kappa shape index (κ2) is 9.77. The summed E-state index contributed by atoms with van der Waals surface area (Å²) in [6.45, 7) is 13.3. The van der Waals surface area contributed by atoms with Crippen LogP contribution in [0.1, 0.15) is 95.2 Å². The molecule has 0 atom stereocenters. The molecular formula is C29H37Cl2N3O3. The smallest absolute Gasteiger partial charge is 0.340 e. The monoisotopic (exact) mass is 545 g/mol. The van der Waals surface area contributed by atoms with Crippen molar-refractivity contribution in [1.82, 2.24) is 4.57 Å². The highest BCUT2D eigenvalue weighted by molar-refractivity contribution is 6.42. The van der Waals surface area contributed by atoms with Gasteiger partial charge in [-0.3, -0.25) is 9.36 Å². The lowest BCUT2D eigenvalue weighted by molar-refractivity contribution is -0.136. The standard InChI is InChI=1S/C29H37Cl2N3O3/c1-27(2,3)26(28(4,5)6)29(12-8-7-9-13-29)37-25(36)18-15-22-33-21(32)16-23(35)34(22)24(18)17-10-11-19(30)20(31)14-17/h10-11,14-15,26H,7-9,12-13,16H2,1-6H3,(H2,32,33). The number of carbonyl (C=O) groups excluding carboxylic acids is 2. The molecule has 0 amide bonds. The Morgan fingerprint density at radius 1 is 1.03 bits per heavy atom. The third-order valence-electron chi connectivity index (χ3n) is 7.49. The van der Waals surface area contributed by atoms with Crippen LogP contribution in [0.2, 0.25) is 10.0 Å². The third kappa shape index (κ3) is 5.33. The predicted molar refractivity (Wildman–Crippen MR) is 150 cm³/mol. The molecule has 1 aliphatic heterocycles. The predicted octanol–water partition coefficient (Wildman–Crippen LogP) is 8.06. The number of ether oxygens (including phenoxy) is 1. The molecule has 200 valence electrons. The Hall–Kier alpha value is -2.31. The molecule has 1 aliphatic carbocycles. The van der Waals surface area contributed by atoms with Gasteiger partial charge in [0, 0.05) is 11.5 Å². The van der Waals surface area contributed by atoms with E-state index in [0.717, 1.165) is 32.1 Å². The van der Waals surface area contributed by atoms with E-state index in [1.165, 1.54) is 4.57 Å². The molecule has 1 aromatic heterocycles. The fourth-order valence-electron chi connectivity index (χ4n) is 7.05. The van der Waals surface area contributed by atoms with Gasteiger partial charge in [0.15, 0.2) is 0 Å². The normalized spacial score (nSPS) is 18.0. The van der Waals surface area contributed by atoms with Crippen molar-refractivity contribution >= 4 is 46.7 Å². The number of hydrogen-bond acceptors (Lipinski definition) is 5. The van der Waals surface area contributed by atoms with Crippen LogP contribution in [0, 0.1) is 16.7 Å². The molecule has 1 saturated carbocycles. The average Bonchev–Trinajstić information content (AvgIpc) is 3.14. The number of carbonyl (C=O) groups is 2. The van der Waals surface area contributed by atoms with Crippen molar-refractivity contribution in [3.8, 4) is 11.3 Å². The summed E-state index contributed by atoms with van der Waals surface area (Å²) >= 11 is 12.5. The first-order valence-electron chi connectivity index (χ1n) is 12.9. The highest BCUT2D eigenvalue weighted by Crippen LogP contribution is 2.53. The number of fused-ring (bicyclic) bond motifs is 1. The molecule has 8 heteroatoms. The van der Waals surface area contributed by atoms with Gasteiger partial charge in [-0.05, 0) is 54.7 Å². The van der Waals surface area contributed by atoms with Crippen molar-refractivity contribution in [2.75, 3.05) is 0 Å². The van der Waals surface area contributed by atoms with Crippen LogP contribution in [0.4, 0.5) is 5.82 Å². The van der Waals surface area contributed by atoms with E-state index in [9.17, 15) is 9.59 Å². The van der Waals surface area contributed by atoms with E-state index in [0.29, 0.717) is 27.1 Å². The Balaban J connectivity index is 1.87. The topological polar surface area (TPSA) is 86.7 Å². The van der Waals surface area contributed by atoms with Gasteiger partial charge in [-0.25, -0.2) is 9.79 Å². The zero-order valence-electron chi connectivity index (χ0n) is 22.6. The molecule has 1 aromatic carbocycles. The second-order valence-electron chi connectivity index (χ2n) is 12.6. The minimum atomic E-state index is -0.629. The number of hydrogen-bond donors (Lipinski definition) is 1. The largest absolute Gasteiger partial charge is 0.455 e. The van der Waals surface area contributed by atoms with Crippen molar-refractivity contribution in [2.45, 2.75) is 85.7 Å². The maximum Gasteiger partial charge on any atom is 0.340 e. The molecule has 2 aliphatic rings. The number of aromatic nitrogens is 1. The van der Waals surface area contributed by atoms with Gasteiger partial charge >= 0.3 is 5.97 Å². The summed E-state index contributed by atoms with van der Waals surface area (Å²) in [5.41, 5.74) is 6.34. The lowest BCUT2D eigenvalue weighted by Gasteiger charge is -2.54. The molecular weight excluding hydrogens is 509 g/mol. The van der Waals surface area contributed by atoms with Gasteiger partial charge in [0.2, 0.25) is 5.91 Å². The SMILES string of the molecule is CC(C)(C)C(C(C)(C)C)C1(OC(=O)c2cc3n(c2-c2ccc(Cl)c(Cl)c2)C(=O)CC(N)=N3)CCCCC1. The average molecular weight is 547 g/mol. The first-order valence-corrected chi connectivity index (χ1v) is 13.7. The second-order valence-corrected chi connectivity index (χ2v) is 13.4. The maximum absolute atomic E-state index is 14.1. The lowest BCUT2D eigenvalue weighted by Crippen LogP contribution is -2.54. The number of nitrogens with two attached hydrogens (primary N) is 1. The Morgan fingerprint density at radius 3 is 2.22 bits per heavy atom. The molecule has 4 rings (SSSR count). The summed E-state index contributed by atoms with van der Waals surface area (Å²) in [6, 6.07) is 6.65. The lowest BCUT2D eigenvalue weighted by atomic mass is 9.56. The van der Waals surface area contributed by atoms with E-state index >= 15 is 0 Å². The number of aliphatic imine (C=N–C) groups is 1. The number of nitrogens with zero attached hydrogens (tertiary/aromatic N) is 2. The molecule has 0 saturated heterocycles. The Kier molecular flexibility index (Phi) is 7.32. The van der Waals surface area contributed by atoms with Crippen molar-refractivity contribution in [3.63, 3.8) is 0 Å². The van der Waals surface area contributed by atoms with Gasteiger partial charge < -0.3 is 10.5 Å². The van der Waals surface area contributed by atoms with Crippen LogP contribution in [0.15, 0.2) is 29.3 Å². The minimum absolute atomic E-state index is 0.0372. The van der Waals surface area contributed by atoms with E-state index < -0.39 is 11.6 Å². The number of halogens is 2. The van der Waals surface area contributed by atoms with E-state index in [2.05, 4.69) is 46.5 Å². The zero-order chi connectivity index (χ0) is 27.3. The summed E-state index contributed by atoms with van der Waals surface area (Å²) < 4.78 is 8.07. The van der Waals surface area contributed by atoms with E-state index in [-0.39, 0.29) is 40.5 Å².